The standard InChI is InChI=1S/C26H33N5O3/c1-26(2,3)19-9-11-20(12-10-19)31(24(33)21-8-6-14-28-21)23(18-7-5-13-27-15-18)25(34)30-16-22(32)29(4)17-30/h5,7,9-13,15,21,23,28H,6,8,14,16-17H2,1-4H3/t21-,23?/m1/s1. The van der Waals surface area contributed by atoms with Gasteiger partial charge >= 0.3 is 0 Å². The molecule has 1 aromatic heterocycles. The minimum absolute atomic E-state index is 0.00122. The molecule has 4 rings (SSSR count). The number of nitrogens with one attached hydrogen (secondary N) is 1. The molecule has 0 aliphatic carbocycles. The second-order valence-corrected chi connectivity index (χ2v) is 10.1. The van der Waals surface area contributed by atoms with Crippen LogP contribution in [0, 0.1) is 0 Å². The number of nitrogens with zero attached hydrogens (tertiary/aromatic N) is 4. The Labute approximate surface area is 200 Å². The van der Waals surface area contributed by atoms with Crippen molar-refractivity contribution in [2.75, 3.05) is 31.7 Å². The zero-order chi connectivity index (χ0) is 24.5. The summed E-state index contributed by atoms with van der Waals surface area (Å²) in [6, 6.07) is 10.1. The van der Waals surface area contributed by atoms with Crippen molar-refractivity contribution in [1.82, 2.24) is 20.1 Å². The van der Waals surface area contributed by atoms with Crippen LogP contribution in [0.1, 0.15) is 50.8 Å². The van der Waals surface area contributed by atoms with E-state index in [9.17, 15) is 14.4 Å². The number of hydrogen-bond acceptors (Lipinski definition) is 5. The fraction of sp³-hybridized carbons (Fsp3) is 0.462. The Morgan fingerprint density at radius 2 is 1.91 bits per heavy atom. The molecule has 1 unspecified atom stereocenters. The van der Waals surface area contributed by atoms with Crippen LogP contribution in [0.3, 0.4) is 0 Å². The highest BCUT2D eigenvalue weighted by Crippen LogP contribution is 2.33. The summed E-state index contributed by atoms with van der Waals surface area (Å²) >= 11 is 0. The van der Waals surface area contributed by atoms with Crippen molar-refractivity contribution in [3.63, 3.8) is 0 Å². The first-order valence-electron chi connectivity index (χ1n) is 11.8. The minimum atomic E-state index is -0.927. The number of pyridine rings is 1. The lowest BCUT2D eigenvalue weighted by Crippen LogP contribution is -2.50. The first-order valence-corrected chi connectivity index (χ1v) is 11.8. The summed E-state index contributed by atoms with van der Waals surface area (Å²) in [5, 5.41) is 3.28. The molecule has 2 saturated heterocycles. The zero-order valence-electron chi connectivity index (χ0n) is 20.3. The van der Waals surface area contributed by atoms with Crippen LogP contribution in [0.25, 0.3) is 0 Å². The molecule has 180 valence electrons. The molecule has 1 N–H and O–H groups in total. The molecule has 34 heavy (non-hydrogen) atoms. The van der Waals surface area contributed by atoms with Crippen LogP contribution in [0.5, 0.6) is 0 Å². The molecule has 1 aromatic carbocycles. The SMILES string of the molecule is CN1CN(C(=O)C(c2cccnc2)N(C(=O)[C@H]2CCCN2)c2ccc(C(C)(C)C)cc2)CC1=O. The molecule has 3 amide bonds. The fourth-order valence-corrected chi connectivity index (χ4v) is 4.52. The number of rotatable bonds is 5. The predicted octanol–water partition coefficient (Wildman–Crippen LogP) is 2.46. The third-order valence-electron chi connectivity index (χ3n) is 6.55. The van der Waals surface area contributed by atoms with Gasteiger partial charge in [-0.3, -0.25) is 24.3 Å². The van der Waals surface area contributed by atoms with E-state index in [0.717, 1.165) is 18.5 Å². The van der Waals surface area contributed by atoms with E-state index < -0.39 is 6.04 Å². The lowest BCUT2D eigenvalue weighted by Gasteiger charge is -2.35. The molecule has 2 aliphatic heterocycles. The van der Waals surface area contributed by atoms with Gasteiger partial charge < -0.3 is 15.1 Å². The molecule has 0 radical (unpaired) electrons. The summed E-state index contributed by atoms with van der Waals surface area (Å²) in [7, 11) is 1.67. The molecular weight excluding hydrogens is 430 g/mol. The Kier molecular flexibility index (Phi) is 6.70. The van der Waals surface area contributed by atoms with Gasteiger partial charge in [0.2, 0.25) is 11.8 Å². The van der Waals surface area contributed by atoms with Gasteiger partial charge in [0.05, 0.1) is 12.7 Å². The molecule has 2 atom stereocenters. The van der Waals surface area contributed by atoms with Crippen molar-refractivity contribution in [3.8, 4) is 0 Å². The molecule has 2 aliphatic rings. The molecule has 0 bridgehead atoms. The van der Waals surface area contributed by atoms with Gasteiger partial charge in [0.25, 0.3) is 5.91 Å². The van der Waals surface area contributed by atoms with E-state index >= 15 is 0 Å². The maximum Gasteiger partial charge on any atom is 0.252 e. The van der Waals surface area contributed by atoms with Crippen molar-refractivity contribution in [3.05, 3.63) is 59.9 Å². The largest absolute Gasteiger partial charge is 0.326 e. The second-order valence-electron chi connectivity index (χ2n) is 10.1. The number of hydrogen-bond donors (Lipinski definition) is 1. The van der Waals surface area contributed by atoms with E-state index in [4.69, 9.17) is 0 Å². The first kappa shape index (κ1) is 23.9. The Morgan fingerprint density at radius 3 is 2.44 bits per heavy atom. The first-order chi connectivity index (χ1) is 16.2. The molecule has 2 fully saturated rings. The van der Waals surface area contributed by atoms with Gasteiger partial charge in [0.1, 0.15) is 12.6 Å². The number of likely N-dealkylation sites (N-methyl/N-ethyl adjacent to an activating group) is 1. The second kappa shape index (κ2) is 9.54. The Balaban J connectivity index is 1.80. The summed E-state index contributed by atoms with van der Waals surface area (Å²) in [6.07, 6.45) is 4.88. The van der Waals surface area contributed by atoms with Gasteiger partial charge in [-0.15, -0.1) is 0 Å². The third-order valence-corrected chi connectivity index (χ3v) is 6.55. The van der Waals surface area contributed by atoms with Crippen LogP contribution in [0.2, 0.25) is 0 Å². The summed E-state index contributed by atoms with van der Waals surface area (Å²) < 4.78 is 0. The molecule has 0 spiro atoms. The average Bonchev–Trinajstić information content (AvgIpc) is 3.47. The molecule has 3 heterocycles. The summed E-state index contributed by atoms with van der Waals surface area (Å²) in [5.74, 6) is -0.567. The molecule has 2 aromatic rings. The number of carbonyl (C=O) groups is 3. The highest BCUT2D eigenvalue weighted by molar-refractivity contribution is 6.04. The highest BCUT2D eigenvalue weighted by Gasteiger charge is 2.41. The van der Waals surface area contributed by atoms with Gasteiger partial charge in [0, 0.05) is 30.7 Å². The summed E-state index contributed by atoms with van der Waals surface area (Å²) in [6.45, 7) is 7.37. The molecule has 8 nitrogen and oxygen atoms in total. The summed E-state index contributed by atoms with van der Waals surface area (Å²) in [4.78, 5) is 48.8. The number of carbonyl (C=O) groups excluding carboxylic acids is 3. The van der Waals surface area contributed by atoms with Crippen LogP contribution >= 0.6 is 0 Å². The number of amides is 3. The quantitative estimate of drug-likeness (QED) is 0.736. The van der Waals surface area contributed by atoms with Crippen molar-refractivity contribution in [1.29, 1.82) is 0 Å². The van der Waals surface area contributed by atoms with Crippen molar-refractivity contribution in [2.45, 2.75) is 51.1 Å². The van der Waals surface area contributed by atoms with E-state index in [-0.39, 0.29) is 42.4 Å². The van der Waals surface area contributed by atoms with Crippen molar-refractivity contribution in [2.24, 2.45) is 0 Å². The molecule has 8 heteroatoms. The number of benzene rings is 1. The van der Waals surface area contributed by atoms with Gasteiger partial charge in [-0.05, 0) is 48.6 Å². The highest BCUT2D eigenvalue weighted by atomic mass is 16.2. The van der Waals surface area contributed by atoms with E-state index in [0.29, 0.717) is 17.7 Å². The monoisotopic (exact) mass is 463 g/mol. The average molecular weight is 464 g/mol. The van der Waals surface area contributed by atoms with E-state index in [1.165, 1.54) is 9.80 Å². The zero-order valence-corrected chi connectivity index (χ0v) is 20.3. The number of anilines is 1. The Bertz CT molecular complexity index is 1040. The van der Waals surface area contributed by atoms with Crippen LogP contribution in [-0.4, -0.2) is 65.4 Å². The van der Waals surface area contributed by atoms with Crippen molar-refractivity contribution >= 4 is 23.4 Å². The predicted molar refractivity (Wildman–Crippen MR) is 130 cm³/mol. The third kappa shape index (κ3) is 4.82. The maximum atomic E-state index is 13.9. The van der Waals surface area contributed by atoms with Crippen LogP contribution in [-0.2, 0) is 19.8 Å². The molecular formula is C26H33N5O3. The normalized spacial score (nSPS) is 19.4. The van der Waals surface area contributed by atoms with Crippen LogP contribution < -0.4 is 10.2 Å². The maximum absolute atomic E-state index is 13.9. The van der Waals surface area contributed by atoms with Crippen LogP contribution in [0.15, 0.2) is 48.8 Å². The van der Waals surface area contributed by atoms with Crippen molar-refractivity contribution < 1.29 is 14.4 Å². The Hall–Kier alpha value is -3.26. The lowest BCUT2D eigenvalue weighted by molar-refractivity contribution is -0.135. The van der Waals surface area contributed by atoms with Gasteiger partial charge in [0.15, 0.2) is 0 Å². The number of aromatic nitrogens is 1. The van der Waals surface area contributed by atoms with Gasteiger partial charge in [-0.2, -0.15) is 0 Å². The fourth-order valence-electron chi connectivity index (χ4n) is 4.52. The minimum Gasteiger partial charge on any atom is -0.326 e. The lowest BCUT2D eigenvalue weighted by atomic mass is 9.87. The Morgan fingerprint density at radius 1 is 1.18 bits per heavy atom. The smallest absolute Gasteiger partial charge is 0.252 e. The van der Waals surface area contributed by atoms with E-state index in [1.807, 2.05) is 30.3 Å². The van der Waals surface area contributed by atoms with E-state index in [2.05, 4.69) is 31.1 Å². The molecule has 0 saturated carbocycles. The van der Waals surface area contributed by atoms with Gasteiger partial charge in [-0.1, -0.05) is 39.0 Å². The van der Waals surface area contributed by atoms with E-state index in [1.54, 1.807) is 30.4 Å². The van der Waals surface area contributed by atoms with Gasteiger partial charge in [-0.25, -0.2) is 0 Å². The summed E-state index contributed by atoms with van der Waals surface area (Å²) in [5.41, 5.74) is 2.35. The topological polar surface area (TPSA) is 85.8 Å². The van der Waals surface area contributed by atoms with Crippen LogP contribution in [0.4, 0.5) is 5.69 Å².